The lowest BCUT2D eigenvalue weighted by Crippen LogP contribution is -2.36. The van der Waals surface area contributed by atoms with Gasteiger partial charge in [-0.3, -0.25) is 4.79 Å². The second-order valence-corrected chi connectivity index (χ2v) is 6.42. The zero-order valence-electron chi connectivity index (χ0n) is 13.5. The maximum atomic E-state index is 12.3. The van der Waals surface area contributed by atoms with E-state index in [-0.39, 0.29) is 17.1 Å². The van der Waals surface area contributed by atoms with Crippen molar-refractivity contribution in [2.45, 2.75) is 44.7 Å². The number of carbonyl (C=O) groups is 1. The molecule has 134 valence electrons. The number of amides is 1. The Morgan fingerprint density at radius 1 is 1.25 bits per heavy atom. The first-order valence-electron chi connectivity index (χ1n) is 8.11. The van der Waals surface area contributed by atoms with Gasteiger partial charge in [-0.25, -0.2) is 0 Å². The van der Waals surface area contributed by atoms with E-state index in [4.69, 9.17) is 5.73 Å². The van der Waals surface area contributed by atoms with Crippen LogP contribution < -0.4 is 15.8 Å². The molecule has 3 N–H and O–H groups in total. The van der Waals surface area contributed by atoms with E-state index in [0.717, 1.165) is 25.7 Å². The fraction of sp³-hybridized carbons (Fsp3) is 0.588. The van der Waals surface area contributed by atoms with Gasteiger partial charge in [0.25, 0.3) is 0 Å². The minimum atomic E-state index is -4.40. The van der Waals surface area contributed by atoms with Crippen LogP contribution in [0, 0.1) is 5.41 Å². The van der Waals surface area contributed by atoms with Crippen molar-refractivity contribution in [3.63, 3.8) is 0 Å². The molecule has 1 saturated carbocycles. The number of hydrogen-bond acceptors (Lipinski definition) is 3. The molecule has 1 aromatic carbocycles. The lowest BCUT2D eigenvalue weighted by atomic mass is 9.71. The van der Waals surface area contributed by atoms with Crippen LogP contribution in [0.4, 0.5) is 18.9 Å². The van der Waals surface area contributed by atoms with E-state index in [2.05, 4.69) is 10.1 Å². The third kappa shape index (κ3) is 5.70. The summed E-state index contributed by atoms with van der Waals surface area (Å²) < 4.78 is 41.2. The van der Waals surface area contributed by atoms with E-state index >= 15 is 0 Å². The van der Waals surface area contributed by atoms with Crippen molar-refractivity contribution in [2.24, 2.45) is 11.1 Å². The van der Waals surface area contributed by atoms with E-state index in [0.29, 0.717) is 18.7 Å². The average Bonchev–Trinajstić information content (AvgIpc) is 2.53. The number of hydrogen-bond donors (Lipinski definition) is 2. The number of nitrogens with one attached hydrogen (secondary N) is 1. The van der Waals surface area contributed by atoms with Crippen LogP contribution in [0.1, 0.15) is 38.5 Å². The monoisotopic (exact) mass is 344 g/mol. The molecular formula is C17H23F3N2O2. The van der Waals surface area contributed by atoms with E-state index in [1.807, 2.05) is 0 Å². The molecular weight excluding hydrogens is 321 g/mol. The zero-order chi connectivity index (χ0) is 17.6. The highest BCUT2D eigenvalue weighted by Gasteiger charge is 2.33. The van der Waals surface area contributed by atoms with Crippen molar-refractivity contribution >= 4 is 11.6 Å². The van der Waals surface area contributed by atoms with Crippen molar-refractivity contribution in [1.29, 1.82) is 0 Å². The van der Waals surface area contributed by atoms with Gasteiger partial charge in [-0.15, -0.1) is 0 Å². The van der Waals surface area contributed by atoms with Gasteiger partial charge in [-0.1, -0.05) is 25.3 Å². The first-order valence-corrected chi connectivity index (χ1v) is 8.11. The van der Waals surface area contributed by atoms with Crippen LogP contribution >= 0.6 is 0 Å². The summed E-state index contributed by atoms with van der Waals surface area (Å²) in [7, 11) is 0. The van der Waals surface area contributed by atoms with Crippen molar-refractivity contribution < 1.29 is 22.7 Å². The highest BCUT2D eigenvalue weighted by Crippen LogP contribution is 2.38. The molecule has 1 amide bonds. The number of anilines is 1. The summed E-state index contributed by atoms with van der Waals surface area (Å²) in [6.07, 6.45) is 1.13. The second kappa shape index (κ2) is 7.88. The molecule has 0 aromatic heterocycles. The van der Waals surface area contributed by atoms with Gasteiger partial charge in [0.1, 0.15) is 5.75 Å². The highest BCUT2D eigenvalue weighted by molar-refractivity contribution is 5.91. The van der Waals surface area contributed by atoms with Crippen LogP contribution in [0.3, 0.4) is 0 Å². The van der Waals surface area contributed by atoms with Crippen LogP contribution in [0.25, 0.3) is 0 Å². The van der Waals surface area contributed by atoms with Crippen molar-refractivity contribution in [3.8, 4) is 5.75 Å². The fourth-order valence-electron chi connectivity index (χ4n) is 3.13. The van der Waals surface area contributed by atoms with Gasteiger partial charge in [0.2, 0.25) is 5.91 Å². The van der Waals surface area contributed by atoms with E-state index < -0.39 is 12.8 Å². The van der Waals surface area contributed by atoms with Crippen LogP contribution in [0.2, 0.25) is 0 Å². The maximum absolute atomic E-state index is 12.3. The molecule has 0 atom stereocenters. The van der Waals surface area contributed by atoms with E-state index in [1.54, 1.807) is 12.1 Å². The summed E-state index contributed by atoms with van der Waals surface area (Å²) in [4.78, 5) is 12.3. The quantitative estimate of drug-likeness (QED) is 0.823. The van der Waals surface area contributed by atoms with Crippen molar-refractivity contribution in [1.82, 2.24) is 0 Å². The van der Waals surface area contributed by atoms with Crippen LogP contribution in [-0.2, 0) is 4.79 Å². The molecule has 24 heavy (non-hydrogen) atoms. The molecule has 4 nitrogen and oxygen atoms in total. The Labute approximate surface area is 139 Å². The number of halogens is 3. The maximum Gasteiger partial charge on any atom is 0.422 e. The zero-order valence-corrected chi connectivity index (χ0v) is 13.5. The smallest absolute Gasteiger partial charge is 0.422 e. The minimum absolute atomic E-state index is 0.0660. The summed E-state index contributed by atoms with van der Waals surface area (Å²) in [6, 6.07) is 5.97. The molecule has 7 heteroatoms. The largest absolute Gasteiger partial charge is 0.484 e. The minimum Gasteiger partial charge on any atom is -0.484 e. The van der Waals surface area contributed by atoms with E-state index in [1.165, 1.54) is 18.6 Å². The average molecular weight is 344 g/mol. The molecule has 1 aliphatic carbocycles. The molecule has 0 aliphatic heterocycles. The van der Waals surface area contributed by atoms with Crippen LogP contribution in [0.15, 0.2) is 24.3 Å². The summed E-state index contributed by atoms with van der Waals surface area (Å²) in [5.74, 6) is -0.105. The number of rotatable bonds is 6. The second-order valence-electron chi connectivity index (χ2n) is 6.42. The Morgan fingerprint density at radius 3 is 2.58 bits per heavy atom. The number of nitrogens with two attached hydrogens (primary N) is 1. The Morgan fingerprint density at radius 2 is 1.96 bits per heavy atom. The van der Waals surface area contributed by atoms with Crippen molar-refractivity contribution in [3.05, 3.63) is 24.3 Å². The molecule has 1 fully saturated rings. The van der Waals surface area contributed by atoms with Gasteiger partial charge < -0.3 is 15.8 Å². The van der Waals surface area contributed by atoms with Gasteiger partial charge in [0.05, 0.1) is 0 Å². The van der Waals surface area contributed by atoms with Crippen LogP contribution in [0.5, 0.6) is 5.75 Å². The summed E-state index contributed by atoms with van der Waals surface area (Å²) in [5.41, 5.74) is 6.14. The normalized spacial score (nSPS) is 17.3. The standard InChI is InChI=1S/C17H23F3N2O2/c18-17(19,20)12-24-14-6-4-5-13(9-14)22-15(23)10-16(11-21)7-2-1-3-8-16/h4-6,9H,1-3,7-8,10-12,21H2,(H,22,23). The topological polar surface area (TPSA) is 64.4 Å². The molecule has 0 heterocycles. The Kier molecular flexibility index (Phi) is 6.10. The van der Waals surface area contributed by atoms with Gasteiger partial charge in [-0.05, 0) is 36.9 Å². The summed E-state index contributed by atoms with van der Waals surface area (Å²) >= 11 is 0. The molecule has 0 saturated heterocycles. The molecule has 1 aliphatic rings. The predicted molar refractivity (Wildman–Crippen MR) is 85.8 cm³/mol. The third-order valence-electron chi connectivity index (χ3n) is 4.40. The molecule has 0 bridgehead atoms. The highest BCUT2D eigenvalue weighted by atomic mass is 19.4. The molecule has 2 rings (SSSR count). The van der Waals surface area contributed by atoms with Crippen molar-refractivity contribution in [2.75, 3.05) is 18.5 Å². The van der Waals surface area contributed by atoms with E-state index in [9.17, 15) is 18.0 Å². The summed E-state index contributed by atoms with van der Waals surface area (Å²) in [5, 5.41) is 2.73. The number of ether oxygens (including phenoxy) is 1. The first-order chi connectivity index (χ1) is 11.3. The SMILES string of the molecule is NCC1(CC(=O)Nc2cccc(OCC(F)(F)F)c2)CCCCC1. The molecule has 0 radical (unpaired) electrons. The Hall–Kier alpha value is -1.76. The van der Waals surface area contributed by atoms with Gasteiger partial charge >= 0.3 is 6.18 Å². The molecule has 0 spiro atoms. The summed E-state index contributed by atoms with van der Waals surface area (Å²) in [6.45, 7) is -0.893. The first kappa shape index (κ1) is 18.6. The Bertz CT molecular complexity index is 555. The third-order valence-corrected chi connectivity index (χ3v) is 4.40. The molecule has 1 aromatic rings. The fourth-order valence-corrected chi connectivity index (χ4v) is 3.13. The number of alkyl halides is 3. The predicted octanol–water partition coefficient (Wildman–Crippen LogP) is 3.87. The number of carbonyl (C=O) groups excluding carboxylic acids is 1. The lowest BCUT2D eigenvalue weighted by Gasteiger charge is -2.35. The Balaban J connectivity index is 1.93. The van der Waals surface area contributed by atoms with Gasteiger partial charge in [-0.2, -0.15) is 13.2 Å². The number of benzene rings is 1. The van der Waals surface area contributed by atoms with Crippen LogP contribution in [-0.4, -0.2) is 25.2 Å². The van der Waals surface area contributed by atoms with Gasteiger partial charge in [0, 0.05) is 18.2 Å². The molecule has 0 unspecified atom stereocenters. The van der Waals surface area contributed by atoms with Gasteiger partial charge in [0.15, 0.2) is 6.61 Å². The lowest BCUT2D eigenvalue weighted by molar-refractivity contribution is -0.153.